The maximum absolute atomic E-state index is 12.5. The molecule has 0 bridgehead atoms. The van der Waals surface area contributed by atoms with Crippen LogP contribution in [0.1, 0.15) is 19.3 Å². The van der Waals surface area contributed by atoms with Crippen LogP contribution in [0.4, 0.5) is 5.69 Å². The van der Waals surface area contributed by atoms with Gasteiger partial charge in [0, 0.05) is 25.7 Å². The summed E-state index contributed by atoms with van der Waals surface area (Å²) in [6, 6.07) is 9.03. The minimum absolute atomic E-state index is 0.0923. The molecular weight excluding hydrogens is 328 g/mol. The summed E-state index contributed by atoms with van der Waals surface area (Å²) in [5, 5.41) is 2.47. The van der Waals surface area contributed by atoms with Gasteiger partial charge >= 0.3 is 0 Å². The number of rotatable bonds is 5. The Balaban J connectivity index is 1.52. The monoisotopic (exact) mass is 348 g/mol. The number of carbonyl (C=O) groups is 3. The zero-order chi connectivity index (χ0) is 16.9. The Morgan fingerprint density at radius 2 is 1.92 bits per heavy atom. The van der Waals surface area contributed by atoms with Gasteiger partial charge in [0.2, 0.25) is 17.7 Å². The quantitative estimate of drug-likeness (QED) is 0.813. The van der Waals surface area contributed by atoms with E-state index >= 15 is 0 Å². The highest BCUT2D eigenvalue weighted by Gasteiger charge is 2.40. The second-order valence-electron chi connectivity index (χ2n) is 5.86. The first-order chi connectivity index (χ1) is 11.6. The van der Waals surface area contributed by atoms with E-state index in [-0.39, 0.29) is 35.9 Å². The first-order valence-electron chi connectivity index (χ1n) is 8.05. The van der Waals surface area contributed by atoms with E-state index in [0.717, 1.165) is 12.8 Å². The SMILES string of the molecule is O=C(CS[C@@H]1CC(=O)N(c2ccccc2)C1=O)NC1CCOCC1. The summed E-state index contributed by atoms with van der Waals surface area (Å²) in [7, 11) is 0. The fraction of sp³-hybridized carbons (Fsp3) is 0.471. The van der Waals surface area contributed by atoms with Gasteiger partial charge in [0.25, 0.3) is 0 Å². The number of carbonyl (C=O) groups excluding carboxylic acids is 3. The second kappa shape index (κ2) is 7.81. The topological polar surface area (TPSA) is 75.7 Å². The Bertz CT molecular complexity index is 616. The highest BCUT2D eigenvalue weighted by Crippen LogP contribution is 2.29. The van der Waals surface area contributed by atoms with Crippen molar-refractivity contribution in [2.45, 2.75) is 30.6 Å². The first kappa shape index (κ1) is 17.0. The molecule has 7 heteroatoms. The number of benzene rings is 1. The van der Waals surface area contributed by atoms with E-state index in [2.05, 4.69) is 5.32 Å². The third-order valence-corrected chi connectivity index (χ3v) is 5.32. The van der Waals surface area contributed by atoms with Gasteiger partial charge in [-0.15, -0.1) is 11.8 Å². The molecule has 0 spiro atoms. The van der Waals surface area contributed by atoms with Gasteiger partial charge < -0.3 is 10.1 Å². The predicted molar refractivity (Wildman–Crippen MR) is 91.8 cm³/mol. The molecule has 2 fully saturated rings. The average Bonchev–Trinajstić information content (AvgIpc) is 2.88. The summed E-state index contributed by atoms with van der Waals surface area (Å²) in [6.45, 7) is 1.33. The maximum atomic E-state index is 12.5. The van der Waals surface area contributed by atoms with E-state index in [9.17, 15) is 14.4 Å². The van der Waals surface area contributed by atoms with E-state index in [1.165, 1.54) is 16.7 Å². The Hall–Kier alpha value is -1.86. The fourth-order valence-corrected chi connectivity index (χ4v) is 3.81. The lowest BCUT2D eigenvalue weighted by Gasteiger charge is -2.23. The molecule has 2 aliphatic heterocycles. The van der Waals surface area contributed by atoms with Crippen molar-refractivity contribution in [1.29, 1.82) is 0 Å². The Morgan fingerprint density at radius 1 is 1.21 bits per heavy atom. The van der Waals surface area contributed by atoms with Crippen LogP contribution in [-0.2, 0) is 19.1 Å². The number of para-hydroxylation sites is 1. The van der Waals surface area contributed by atoms with E-state index in [0.29, 0.717) is 18.9 Å². The van der Waals surface area contributed by atoms with Crippen LogP contribution in [0.5, 0.6) is 0 Å². The molecule has 1 aromatic rings. The zero-order valence-electron chi connectivity index (χ0n) is 13.3. The fourth-order valence-electron chi connectivity index (χ4n) is 2.87. The molecule has 1 N–H and O–H groups in total. The lowest BCUT2D eigenvalue weighted by atomic mass is 10.1. The van der Waals surface area contributed by atoms with E-state index in [1.54, 1.807) is 24.3 Å². The van der Waals surface area contributed by atoms with Crippen molar-refractivity contribution in [2.75, 3.05) is 23.9 Å². The molecule has 24 heavy (non-hydrogen) atoms. The normalized spacial score (nSPS) is 22.0. The maximum Gasteiger partial charge on any atom is 0.247 e. The van der Waals surface area contributed by atoms with Crippen LogP contribution in [-0.4, -0.2) is 48.0 Å². The lowest BCUT2D eigenvalue weighted by Crippen LogP contribution is -2.40. The summed E-state index contributed by atoms with van der Waals surface area (Å²) in [4.78, 5) is 37.8. The van der Waals surface area contributed by atoms with Gasteiger partial charge in [-0.1, -0.05) is 18.2 Å². The number of anilines is 1. The lowest BCUT2D eigenvalue weighted by molar-refractivity contribution is -0.121. The van der Waals surface area contributed by atoms with Crippen LogP contribution < -0.4 is 10.2 Å². The van der Waals surface area contributed by atoms with Crippen molar-refractivity contribution < 1.29 is 19.1 Å². The third kappa shape index (κ3) is 3.96. The number of hydrogen-bond donors (Lipinski definition) is 1. The largest absolute Gasteiger partial charge is 0.381 e. The number of thioether (sulfide) groups is 1. The molecule has 0 unspecified atom stereocenters. The minimum Gasteiger partial charge on any atom is -0.381 e. The summed E-state index contributed by atoms with van der Waals surface area (Å²) in [6.07, 6.45) is 1.78. The van der Waals surface area contributed by atoms with Gasteiger partial charge in [-0.3, -0.25) is 14.4 Å². The van der Waals surface area contributed by atoms with Crippen molar-refractivity contribution in [3.05, 3.63) is 30.3 Å². The van der Waals surface area contributed by atoms with Crippen molar-refractivity contribution in [3.8, 4) is 0 Å². The molecule has 1 atom stereocenters. The zero-order valence-corrected chi connectivity index (χ0v) is 14.1. The molecule has 1 aromatic carbocycles. The molecule has 0 aromatic heterocycles. The number of ether oxygens (including phenoxy) is 1. The molecule has 128 valence electrons. The van der Waals surface area contributed by atoms with Crippen LogP contribution >= 0.6 is 11.8 Å². The first-order valence-corrected chi connectivity index (χ1v) is 9.10. The average molecular weight is 348 g/mol. The molecule has 6 nitrogen and oxygen atoms in total. The van der Waals surface area contributed by atoms with Crippen LogP contribution in [0.15, 0.2) is 30.3 Å². The van der Waals surface area contributed by atoms with E-state index < -0.39 is 5.25 Å². The summed E-state index contributed by atoms with van der Waals surface area (Å²) < 4.78 is 5.26. The minimum atomic E-state index is -0.488. The summed E-state index contributed by atoms with van der Waals surface area (Å²) in [5.74, 6) is -0.363. The molecular formula is C17H20N2O4S. The Labute approximate surface area is 144 Å². The highest BCUT2D eigenvalue weighted by atomic mass is 32.2. The number of nitrogens with one attached hydrogen (secondary N) is 1. The molecule has 2 aliphatic rings. The molecule has 3 amide bonds. The van der Waals surface area contributed by atoms with Gasteiger partial charge in [0.15, 0.2) is 0 Å². The van der Waals surface area contributed by atoms with Crippen LogP contribution in [0.25, 0.3) is 0 Å². The van der Waals surface area contributed by atoms with Crippen molar-refractivity contribution in [1.82, 2.24) is 5.32 Å². The molecule has 0 aliphatic carbocycles. The second-order valence-corrected chi connectivity index (χ2v) is 7.05. The number of amides is 3. The Morgan fingerprint density at radius 3 is 2.62 bits per heavy atom. The van der Waals surface area contributed by atoms with Gasteiger partial charge in [-0.25, -0.2) is 4.90 Å². The summed E-state index contributed by atoms with van der Waals surface area (Å²) in [5.41, 5.74) is 0.585. The molecule has 0 saturated carbocycles. The highest BCUT2D eigenvalue weighted by molar-refractivity contribution is 8.01. The van der Waals surface area contributed by atoms with E-state index in [4.69, 9.17) is 4.74 Å². The van der Waals surface area contributed by atoms with Crippen LogP contribution in [0.2, 0.25) is 0 Å². The van der Waals surface area contributed by atoms with Crippen molar-refractivity contribution in [3.63, 3.8) is 0 Å². The van der Waals surface area contributed by atoms with E-state index in [1.807, 2.05) is 6.07 Å². The third-order valence-electron chi connectivity index (χ3n) is 4.12. The number of hydrogen-bond acceptors (Lipinski definition) is 5. The van der Waals surface area contributed by atoms with Crippen LogP contribution in [0, 0.1) is 0 Å². The van der Waals surface area contributed by atoms with Gasteiger partial charge in [-0.05, 0) is 25.0 Å². The predicted octanol–water partition coefficient (Wildman–Crippen LogP) is 1.35. The standard InChI is InChI=1S/C17H20N2O4S/c20-15(18-12-6-8-23-9-7-12)11-24-14-10-16(21)19(17(14)22)13-4-2-1-3-5-13/h1-5,12,14H,6-11H2,(H,18,20)/t14-/m1/s1. The smallest absolute Gasteiger partial charge is 0.247 e. The van der Waals surface area contributed by atoms with Gasteiger partial charge in [-0.2, -0.15) is 0 Å². The molecule has 2 saturated heterocycles. The number of nitrogens with zero attached hydrogens (tertiary/aromatic N) is 1. The van der Waals surface area contributed by atoms with Gasteiger partial charge in [0.1, 0.15) is 0 Å². The Kier molecular flexibility index (Phi) is 5.52. The van der Waals surface area contributed by atoms with Crippen molar-refractivity contribution >= 4 is 35.2 Å². The van der Waals surface area contributed by atoms with Crippen molar-refractivity contribution in [2.24, 2.45) is 0 Å². The van der Waals surface area contributed by atoms with Crippen LogP contribution in [0.3, 0.4) is 0 Å². The summed E-state index contributed by atoms with van der Waals surface area (Å²) >= 11 is 1.24. The molecule has 0 radical (unpaired) electrons. The number of imide groups is 1. The molecule has 2 heterocycles. The molecule has 3 rings (SSSR count). The van der Waals surface area contributed by atoms with Gasteiger partial charge in [0.05, 0.1) is 16.7 Å².